The smallest absolute Gasteiger partial charge is 0.264 e. The Bertz CT molecular complexity index is 1420. The molecule has 1 aromatic carbocycles. The van der Waals surface area contributed by atoms with E-state index >= 15 is 0 Å². The van der Waals surface area contributed by atoms with E-state index in [-0.39, 0.29) is 37.0 Å². The summed E-state index contributed by atoms with van der Waals surface area (Å²) >= 11 is 0. The predicted molar refractivity (Wildman–Crippen MR) is 163 cm³/mol. The number of nitrogens with one attached hydrogen (secondary N) is 1. The molecule has 1 aromatic heterocycles. The number of morpholine rings is 1. The number of piperazine rings is 1. The summed E-state index contributed by atoms with van der Waals surface area (Å²) in [6, 6.07) is 8.91. The Hall–Kier alpha value is -2.48. The van der Waals surface area contributed by atoms with Crippen LogP contribution in [0.1, 0.15) is 50.2 Å². The number of ether oxygens (including phenoxy) is 1. The molecule has 1 amide bonds. The number of rotatable bonds is 9. The zero-order valence-electron chi connectivity index (χ0n) is 25.8. The molecule has 0 radical (unpaired) electrons. The molecular weight excluding hydrogens is 573 g/mol. The molecule has 2 aromatic rings. The molecule has 3 atom stereocenters. The van der Waals surface area contributed by atoms with E-state index < -0.39 is 15.5 Å². The molecule has 0 spiro atoms. The van der Waals surface area contributed by atoms with E-state index in [9.17, 15) is 17.6 Å². The van der Waals surface area contributed by atoms with Gasteiger partial charge in [0.2, 0.25) is 5.91 Å². The van der Waals surface area contributed by atoms with Crippen LogP contribution in [0.5, 0.6) is 0 Å². The summed E-state index contributed by atoms with van der Waals surface area (Å²) < 4.78 is 48.0. The van der Waals surface area contributed by atoms with E-state index in [2.05, 4.69) is 29.0 Å². The van der Waals surface area contributed by atoms with Crippen molar-refractivity contribution in [3.63, 3.8) is 0 Å². The predicted octanol–water partition coefficient (Wildman–Crippen LogP) is 2.29. The van der Waals surface area contributed by atoms with Crippen LogP contribution >= 0.6 is 0 Å². The molecule has 10 nitrogen and oxygen atoms in total. The van der Waals surface area contributed by atoms with Crippen LogP contribution in [0.2, 0.25) is 0 Å². The van der Waals surface area contributed by atoms with Crippen LogP contribution < -0.4 is 10.2 Å². The molecule has 0 bridgehead atoms. The number of hydrogen-bond acceptors (Lipinski definition) is 9. The number of fused-ring (bicyclic) bond motifs is 1. The first-order valence-corrected chi connectivity index (χ1v) is 16.8. The van der Waals surface area contributed by atoms with Crippen LogP contribution in [-0.4, -0.2) is 106 Å². The Morgan fingerprint density at radius 2 is 1.95 bits per heavy atom. The number of carbonyl (C=O) groups is 1. The molecule has 0 unspecified atom stereocenters. The Kier molecular flexibility index (Phi) is 9.55. The van der Waals surface area contributed by atoms with Gasteiger partial charge in [-0.25, -0.2) is 4.39 Å². The maximum Gasteiger partial charge on any atom is 0.264 e. The summed E-state index contributed by atoms with van der Waals surface area (Å²) in [6.07, 6.45) is 1.40. The number of anilines is 1. The van der Waals surface area contributed by atoms with Crippen molar-refractivity contribution in [2.75, 3.05) is 63.6 Å². The second-order valence-corrected chi connectivity index (χ2v) is 14.6. The van der Waals surface area contributed by atoms with Crippen molar-refractivity contribution in [3.05, 3.63) is 58.7 Å². The summed E-state index contributed by atoms with van der Waals surface area (Å²) in [6.45, 7) is 13.7. The van der Waals surface area contributed by atoms with Gasteiger partial charge >= 0.3 is 0 Å². The minimum atomic E-state index is -3.70. The number of nitrogens with zero attached hydrogens (tertiary/aromatic N) is 4. The number of hydrogen-bond donors (Lipinski definition) is 1. The molecule has 0 saturated carbocycles. The maximum atomic E-state index is 14.1. The van der Waals surface area contributed by atoms with Crippen molar-refractivity contribution in [1.82, 2.24) is 20.1 Å². The van der Waals surface area contributed by atoms with E-state index in [1.807, 2.05) is 24.8 Å². The van der Waals surface area contributed by atoms with Gasteiger partial charge in [-0.1, -0.05) is 26.0 Å². The lowest BCUT2D eigenvalue weighted by molar-refractivity contribution is -0.121. The second-order valence-electron chi connectivity index (χ2n) is 12.9. The third-order valence-electron chi connectivity index (χ3n) is 8.69. The average molecular weight is 618 g/mol. The molecule has 4 heterocycles. The molecule has 2 saturated heterocycles. The van der Waals surface area contributed by atoms with Crippen molar-refractivity contribution in [2.45, 2.75) is 64.3 Å². The van der Waals surface area contributed by atoms with Crippen molar-refractivity contribution in [1.29, 1.82) is 0 Å². The van der Waals surface area contributed by atoms with Gasteiger partial charge in [0.1, 0.15) is 12.4 Å². The number of carbonyl (C=O) groups excluding carboxylic acids is 1. The summed E-state index contributed by atoms with van der Waals surface area (Å²) in [5, 5.41) is 3.59. The average Bonchev–Trinajstić information content (AvgIpc) is 3.20. The lowest BCUT2D eigenvalue weighted by Gasteiger charge is -2.43. The van der Waals surface area contributed by atoms with Gasteiger partial charge in [-0.3, -0.25) is 23.8 Å². The third-order valence-corrected chi connectivity index (χ3v) is 9.24. The summed E-state index contributed by atoms with van der Waals surface area (Å²) in [5.74, 6) is -0.325. The monoisotopic (exact) mass is 617 g/mol. The molecule has 43 heavy (non-hydrogen) atoms. The first-order valence-electron chi connectivity index (χ1n) is 15.0. The standard InChI is InChI=1S/C31H44FN5O5S/c1-21-15-36(26(14-33-21)16-35-10-11-41-18-22(35)2)17-29(38)37-20-31(3,4)30-28(37)13-24(12-23-6-8-25(32)9-7-23)27(34-30)19-42-43(5,39)40/h6-9,13,21-22,26,33H,10-12,14-20H2,1-5H3/t21-,22-,26-/m1/s1. The van der Waals surface area contributed by atoms with Gasteiger partial charge in [0.25, 0.3) is 10.1 Å². The van der Waals surface area contributed by atoms with Gasteiger partial charge in [-0.05, 0) is 49.6 Å². The molecular formula is C31H44FN5O5S. The zero-order chi connectivity index (χ0) is 30.9. The van der Waals surface area contributed by atoms with Crippen LogP contribution in [-0.2, 0) is 42.3 Å². The molecule has 2 fully saturated rings. The van der Waals surface area contributed by atoms with Crippen LogP contribution in [0.3, 0.4) is 0 Å². The second kappa shape index (κ2) is 12.9. The molecule has 3 aliphatic rings. The quantitative estimate of drug-likeness (QED) is 0.425. The van der Waals surface area contributed by atoms with Gasteiger partial charge in [-0.15, -0.1) is 0 Å². The summed E-state index contributed by atoms with van der Waals surface area (Å²) in [7, 11) is -3.70. The van der Waals surface area contributed by atoms with E-state index in [0.29, 0.717) is 24.7 Å². The van der Waals surface area contributed by atoms with Crippen LogP contribution in [0.15, 0.2) is 30.3 Å². The number of halogens is 1. The molecule has 0 aliphatic carbocycles. The van der Waals surface area contributed by atoms with E-state index in [1.54, 1.807) is 12.1 Å². The Morgan fingerprint density at radius 1 is 1.21 bits per heavy atom. The maximum absolute atomic E-state index is 14.1. The van der Waals surface area contributed by atoms with Crippen molar-refractivity contribution < 1.29 is 26.5 Å². The minimum absolute atomic E-state index is 0.00983. The lowest BCUT2D eigenvalue weighted by Crippen LogP contribution is -2.62. The largest absolute Gasteiger partial charge is 0.379 e. The van der Waals surface area contributed by atoms with Crippen molar-refractivity contribution >= 4 is 21.7 Å². The fourth-order valence-corrected chi connectivity index (χ4v) is 6.62. The molecule has 236 valence electrons. The highest BCUT2D eigenvalue weighted by molar-refractivity contribution is 7.85. The molecule has 1 N–H and O–H groups in total. The first-order chi connectivity index (χ1) is 20.3. The minimum Gasteiger partial charge on any atom is -0.379 e. The lowest BCUT2D eigenvalue weighted by atomic mass is 9.90. The number of amides is 1. The van der Waals surface area contributed by atoms with Crippen molar-refractivity contribution in [3.8, 4) is 0 Å². The van der Waals surface area contributed by atoms with Crippen molar-refractivity contribution in [2.24, 2.45) is 0 Å². The van der Waals surface area contributed by atoms with Gasteiger partial charge in [0, 0.05) is 56.3 Å². The Morgan fingerprint density at radius 3 is 2.65 bits per heavy atom. The van der Waals surface area contributed by atoms with Crippen LogP contribution in [0.25, 0.3) is 0 Å². The van der Waals surface area contributed by atoms with E-state index in [4.69, 9.17) is 13.9 Å². The highest BCUT2D eigenvalue weighted by Gasteiger charge is 2.41. The third kappa shape index (κ3) is 7.79. The van der Waals surface area contributed by atoms with Gasteiger partial charge in [-0.2, -0.15) is 8.42 Å². The fourth-order valence-electron chi connectivity index (χ4n) is 6.29. The number of aromatic nitrogens is 1. The fraction of sp³-hybridized carbons (Fsp3) is 0.613. The summed E-state index contributed by atoms with van der Waals surface area (Å²) in [4.78, 5) is 25.6. The zero-order valence-corrected chi connectivity index (χ0v) is 26.6. The highest BCUT2D eigenvalue weighted by atomic mass is 32.2. The number of pyridine rings is 1. The molecule has 3 aliphatic heterocycles. The van der Waals surface area contributed by atoms with Gasteiger partial charge < -0.3 is 15.0 Å². The van der Waals surface area contributed by atoms with Gasteiger partial charge in [0.15, 0.2) is 0 Å². The normalized spacial score (nSPS) is 24.7. The topological polar surface area (TPSA) is 104 Å². The van der Waals surface area contributed by atoms with E-state index in [0.717, 1.165) is 68.2 Å². The highest BCUT2D eigenvalue weighted by Crippen LogP contribution is 2.41. The Labute approximate surface area is 254 Å². The van der Waals surface area contributed by atoms with Crippen LogP contribution in [0, 0.1) is 5.82 Å². The molecule has 12 heteroatoms. The SMILES string of the molecule is C[C@@H]1CN(CC(=O)N2CC(C)(C)c3nc(COS(C)(=O)=O)c(Cc4ccc(F)cc4)cc32)[C@@H](CN2CCOC[C@H]2C)CN1. The Balaban J connectivity index is 1.42. The number of benzene rings is 1. The van der Waals surface area contributed by atoms with Crippen LogP contribution in [0.4, 0.5) is 10.1 Å². The molecule has 5 rings (SSSR count). The van der Waals surface area contributed by atoms with E-state index in [1.165, 1.54) is 12.1 Å². The summed E-state index contributed by atoms with van der Waals surface area (Å²) in [5.41, 5.74) is 3.10. The first kappa shape index (κ1) is 31.9. The van der Waals surface area contributed by atoms with Gasteiger partial charge in [0.05, 0.1) is 43.1 Å².